The quantitative estimate of drug-likeness (QED) is 0.213. The third-order valence-electron chi connectivity index (χ3n) is 7.66. The molecule has 6 aromatic carbocycles. The van der Waals surface area contributed by atoms with E-state index in [2.05, 4.69) is 109 Å². The van der Waals surface area contributed by atoms with Gasteiger partial charge in [0.05, 0.1) is 15.9 Å². The molecule has 0 unspecified atom stereocenters. The van der Waals surface area contributed by atoms with Gasteiger partial charge in [-0.25, -0.2) is 9.97 Å². The molecule has 9 rings (SSSR count). The van der Waals surface area contributed by atoms with Crippen LogP contribution in [0.25, 0.3) is 84.7 Å². The molecule has 0 aliphatic rings. The normalized spacial score (nSPS) is 12.2. The van der Waals surface area contributed by atoms with Gasteiger partial charge in [0.15, 0.2) is 5.82 Å². The first-order chi connectivity index (χ1) is 18.8. The molecule has 3 heterocycles. The summed E-state index contributed by atoms with van der Waals surface area (Å²) in [5, 5.41) is 9.11. The van der Waals surface area contributed by atoms with Gasteiger partial charge in [-0.2, -0.15) is 0 Å². The maximum absolute atomic E-state index is 5.28. The van der Waals surface area contributed by atoms with E-state index in [1.807, 2.05) is 11.3 Å². The minimum Gasteiger partial charge on any atom is -0.226 e. The standard InChI is InChI=1S/C34H18N2S2/c1-2-9-19(10-3-1)30-33-31(24-13-6-7-15-26(24)37-33)36-34(35-30)25-18-17-23-21-12-5-4-11-20(21)22-14-8-16-27-28(22)29(23)32(25)38-27/h1-18H. The van der Waals surface area contributed by atoms with Gasteiger partial charge < -0.3 is 0 Å². The van der Waals surface area contributed by atoms with Crippen LogP contribution in [-0.4, -0.2) is 9.97 Å². The molecule has 0 atom stereocenters. The lowest BCUT2D eigenvalue weighted by atomic mass is 9.93. The van der Waals surface area contributed by atoms with Gasteiger partial charge in [0.25, 0.3) is 0 Å². The number of nitrogens with zero attached hydrogens (tertiary/aromatic N) is 2. The van der Waals surface area contributed by atoms with Crippen LogP contribution < -0.4 is 0 Å². The van der Waals surface area contributed by atoms with Gasteiger partial charge in [-0.1, -0.05) is 91.0 Å². The Balaban J connectivity index is 1.44. The SMILES string of the molecule is c1ccc(-c2nc(-c3ccc4c5ccccc5c5cccc6sc3c4c65)nc3c2sc2ccccc23)cc1. The Morgan fingerprint density at radius 2 is 1.11 bits per heavy atom. The molecule has 0 fully saturated rings. The second-order valence-electron chi connectivity index (χ2n) is 9.73. The van der Waals surface area contributed by atoms with Crippen molar-refractivity contribution in [2.45, 2.75) is 0 Å². The minimum absolute atomic E-state index is 0.790. The lowest BCUT2D eigenvalue weighted by Crippen LogP contribution is -1.94. The Kier molecular flexibility index (Phi) is 4.12. The summed E-state index contributed by atoms with van der Waals surface area (Å²) in [4.78, 5) is 10.5. The monoisotopic (exact) mass is 518 g/mol. The predicted octanol–water partition coefficient (Wildman–Crippen LogP) is 10.3. The molecule has 0 radical (unpaired) electrons. The highest BCUT2D eigenvalue weighted by Gasteiger charge is 2.21. The second kappa shape index (κ2) is 7.57. The first kappa shape index (κ1) is 20.7. The van der Waals surface area contributed by atoms with E-state index in [1.54, 1.807) is 11.3 Å². The van der Waals surface area contributed by atoms with E-state index in [-0.39, 0.29) is 0 Å². The molecule has 38 heavy (non-hydrogen) atoms. The zero-order chi connectivity index (χ0) is 24.8. The van der Waals surface area contributed by atoms with Crippen molar-refractivity contribution in [2.24, 2.45) is 0 Å². The third kappa shape index (κ3) is 2.71. The summed E-state index contributed by atoms with van der Waals surface area (Å²) >= 11 is 3.64. The van der Waals surface area contributed by atoms with Crippen molar-refractivity contribution in [1.82, 2.24) is 9.97 Å². The maximum Gasteiger partial charge on any atom is 0.161 e. The van der Waals surface area contributed by atoms with Crippen LogP contribution in [0.15, 0.2) is 109 Å². The lowest BCUT2D eigenvalue weighted by molar-refractivity contribution is 1.25. The van der Waals surface area contributed by atoms with Gasteiger partial charge in [-0.05, 0) is 39.7 Å². The fraction of sp³-hybridized carbons (Fsp3) is 0. The lowest BCUT2D eigenvalue weighted by Gasteiger charge is -2.11. The van der Waals surface area contributed by atoms with Gasteiger partial charge in [0.2, 0.25) is 0 Å². The molecule has 0 saturated heterocycles. The van der Waals surface area contributed by atoms with E-state index in [9.17, 15) is 0 Å². The second-order valence-corrected chi connectivity index (χ2v) is 11.8. The zero-order valence-electron chi connectivity index (χ0n) is 20.1. The topological polar surface area (TPSA) is 25.8 Å². The van der Waals surface area contributed by atoms with Gasteiger partial charge in [0, 0.05) is 41.4 Å². The van der Waals surface area contributed by atoms with Gasteiger partial charge in [-0.15, -0.1) is 22.7 Å². The average Bonchev–Trinajstić information content (AvgIpc) is 3.56. The Morgan fingerprint density at radius 3 is 1.95 bits per heavy atom. The summed E-state index contributed by atoms with van der Waals surface area (Å²) in [6.45, 7) is 0. The number of fused-ring (bicyclic) bond motifs is 6. The van der Waals surface area contributed by atoms with Crippen LogP contribution in [0, 0.1) is 0 Å². The fourth-order valence-corrected chi connectivity index (χ4v) is 8.42. The van der Waals surface area contributed by atoms with Crippen molar-refractivity contribution >= 4 is 84.7 Å². The number of hydrogen-bond donors (Lipinski definition) is 0. The van der Waals surface area contributed by atoms with Gasteiger partial charge in [-0.3, -0.25) is 0 Å². The molecule has 9 aromatic rings. The predicted molar refractivity (Wildman–Crippen MR) is 165 cm³/mol. The van der Waals surface area contributed by atoms with Crippen LogP contribution in [0.2, 0.25) is 0 Å². The Morgan fingerprint density at radius 1 is 0.447 bits per heavy atom. The largest absolute Gasteiger partial charge is 0.226 e. The summed E-state index contributed by atoms with van der Waals surface area (Å²) in [6.07, 6.45) is 0. The molecule has 0 spiro atoms. The van der Waals surface area contributed by atoms with Crippen molar-refractivity contribution in [3.8, 4) is 22.6 Å². The highest BCUT2D eigenvalue weighted by molar-refractivity contribution is 7.27. The number of hydrogen-bond acceptors (Lipinski definition) is 4. The van der Waals surface area contributed by atoms with E-state index < -0.39 is 0 Å². The van der Waals surface area contributed by atoms with E-state index in [4.69, 9.17) is 9.97 Å². The molecule has 0 N–H and O–H groups in total. The van der Waals surface area contributed by atoms with Crippen molar-refractivity contribution in [3.05, 3.63) is 109 Å². The van der Waals surface area contributed by atoms with Crippen molar-refractivity contribution in [1.29, 1.82) is 0 Å². The molecule has 2 nitrogen and oxygen atoms in total. The van der Waals surface area contributed by atoms with Gasteiger partial charge >= 0.3 is 0 Å². The number of rotatable bonds is 2. The first-order valence-corrected chi connectivity index (χ1v) is 14.3. The van der Waals surface area contributed by atoms with Crippen molar-refractivity contribution in [2.75, 3.05) is 0 Å². The summed E-state index contributed by atoms with van der Waals surface area (Å²) < 4.78 is 4.95. The van der Waals surface area contributed by atoms with E-state index in [0.29, 0.717) is 0 Å². The van der Waals surface area contributed by atoms with Crippen molar-refractivity contribution < 1.29 is 0 Å². The van der Waals surface area contributed by atoms with E-state index >= 15 is 0 Å². The molecular weight excluding hydrogens is 501 g/mol. The molecule has 0 bridgehead atoms. The minimum atomic E-state index is 0.790. The van der Waals surface area contributed by atoms with Crippen LogP contribution in [-0.2, 0) is 0 Å². The van der Waals surface area contributed by atoms with Crippen LogP contribution in [0.5, 0.6) is 0 Å². The molecular formula is C34H18N2S2. The molecule has 4 heteroatoms. The number of aromatic nitrogens is 2. The highest BCUT2D eigenvalue weighted by Crippen LogP contribution is 2.48. The Hall–Kier alpha value is -4.38. The molecule has 3 aromatic heterocycles. The molecule has 0 aliphatic carbocycles. The van der Waals surface area contributed by atoms with Gasteiger partial charge in [0.1, 0.15) is 0 Å². The van der Waals surface area contributed by atoms with Crippen LogP contribution in [0.1, 0.15) is 0 Å². The maximum atomic E-state index is 5.28. The fourth-order valence-electron chi connectivity index (χ4n) is 6.00. The summed E-state index contributed by atoms with van der Waals surface area (Å²) in [7, 11) is 0. The summed E-state index contributed by atoms with van der Waals surface area (Å²) in [5.74, 6) is 0.790. The summed E-state index contributed by atoms with van der Waals surface area (Å²) in [5.41, 5.74) is 4.26. The zero-order valence-corrected chi connectivity index (χ0v) is 21.7. The number of benzene rings is 6. The Labute approximate surface area is 225 Å². The van der Waals surface area contributed by atoms with E-state index in [1.165, 1.54) is 51.8 Å². The average molecular weight is 519 g/mol. The highest BCUT2D eigenvalue weighted by atomic mass is 32.1. The smallest absolute Gasteiger partial charge is 0.161 e. The summed E-state index contributed by atoms with van der Waals surface area (Å²) in [6, 6.07) is 39.1. The van der Waals surface area contributed by atoms with Crippen LogP contribution >= 0.6 is 22.7 Å². The molecule has 0 saturated carbocycles. The molecule has 0 amide bonds. The number of thiophene rings is 2. The van der Waals surface area contributed by atoms with Crippen LogP contribution in [0.3, 0.4) is 0 Å². The van der Waals surface area contributed by atoms with Crippen LogP contribution in [0.4, 0.5) is 0 Å². The third-order valence-corrected chi connectivity index (χ3v) is 10.0. The molecule has 176 valence electrons. The first-order valence-electron chi connectivity index (χ1n) is 12.7. The van der Waals surface area contributed by atoms with E-state index in [0.717, 1.165) is 32.9 Å². The Bertz CT molecular complexity index is 2350. The molecule has 0 aliphatic heterocycles. The van der Waals surface area contributed by atoms with Crippen molar-refractivity contribution in [3.63, 3.8) is 0 Å².